The van der Waals surface area contributed by atoms with Crippen LogP contribution in [-0.2, 0) is 15.7 Å². The van der Waals surface area contributed by atoms with Crippen molar-refractivity contribution in [2.75, 3.05) is 5.32 Å². The maximum atomic E-state index is 13.0. The molecular weight excluding hydrogens is 373 g/mol. The van der Waals surface area contributed by atoms with E-state index in [1.165, 1.54) is 19.1 Å². The Hall–Kier alpha value is -2.77. The number of benzene rings is 1. The summed E-state index contributed by atoms with van der Waals surface area (Å²) < 4.78 is 46.4. The molecule has 5 nitrogen and oxygen atoms in total. The third-order valence-electron chi connectivity index (χ3n) is 4.76. The highest BCUT2D eigenvalue weighted by atomic mass is 19.4. The van der Waals surface area contributed by atoms with Crippen molar-refractivity contribution in [3.05, 3.63) is 52.8 Å². The van der Waals surface area contributed by atoms with Gasteiger partial charge in [-0.05, 0) is 51.8 Å². The molecule has 1 aliphatic rings. The molecule has 0 bridgehead atoms. The molecule has 0 radical (unpaired) electrons. The molecule has 0 spiro atoms. The van der Waals surface area contributed by atoms with Crippen molar-refractivity contribution >= 4 is 17.6 Å². The standard InChI is InChI=1S/C20H21F3N2O3/c1-11-10-15(12(2)25(11)14-8-9-14)19(27)28-13(3)18(26)24-17-7-5-4-6-16(17)20(21,22)23/h4-7,10,13-14H,8-9H2,1-3H3,(H,24,26)/t13-/m1/s1. The van der Waals surface area contributed by atoms with E-state index < -0.39 is 29.7 Å². The van der Waals surface area contributed by atoms with Crippen LogP contribution in [-0.4, -0.2) is 22.5 Å². The van der Waals surface area contributed by atoms with E-state index in [0.717, 1.165) is 36.4 Å². The van der Waals surface area contributed by atoms with Gasteiger partial charge in [-0.15, -0.1) is 0 Å². The van der Waals surface area contributed by atoms with Gasteiger partial charge in [0.05, 0.1) is 16.8 Å². The van der Waals surface area contributed by atoms with E-state index in [1.54, 1.807) is 6.07 Å². The van der Waals surface area contributed by atoms with Crippen LogP contribution in [0.2, 0.25) is 0 Å². The molecule has 1 amide bonds. The second kappa shape index (κ2) is 7.33. The van der Waals surface area contributed by atoms with Gasteiger partial charge < -0.3 is 14.6 Å². The Morgan fingerprint density at radius 1 is 1.21 bits per heavy atom. The van der Waals surface area contributed by atoms with Crippen LogP contribution in [0.3, 0.4) is 0 Å². The van der Waals surface area contributed by atoms with Crippen LogP contribution in [0, 0.1) is 13.8 Å². The number of alkyl halides is 3. The number of rotatable bonds is 5. The SMILES string of the molecule is Cc1cc(C(=O)O[C@H](C)C(=O)Nc2ccccc2C(F)(F)F)c(C)n1C1CC1. The number of hydrogen-bond donors (Lipinski definition) is 1. The van der Waals surface area contributed by atoms with Gasteiger partial charge in [-0.2, -0.15) is 13.2 Å². The lowest BCUT2D eigenvalue weighted by molar-refractivity contribution is -0.137. The van der Waals surface area contributed by atoms with E-state index in [4.69, 9.17) is 4.74 Å². The number of esters is 1. The van der Waals surface area contributed by atoms with Crippen molar-refractivity contribution < 1.29 is 27.5 Å². The fourth-order valence-corrected chi connectivity index (χ4v) is 3.23. The van der Waals surface area contributed by atoms with Gasteiger partial charge in [-0.3, -0.25) is 4.79 Å². The summed E-state index contributed by atoms with van der Waals surface area (Å²) in [4.78, 5) is 24.7. The first-order chi connectivity index (χ1) is 13.1. The zero-order valence-corrected chi connectivity index (χ0v) is 15.8. The van der Waals surface area contributed by atoms with Gasteiger partial charge in [0, 0.05) is 17.4 Å². The molecule has 1 aromatic heterocycles. The molecule has 1 heterocycles. The van der Waals surface area contributed by atoms with Gasteiger partial charge in [-0.1, -0.05) is 12.1 Å². The van der Waals surface area contributed by atoms with Gasteiger partial charge in [0.25, 0.3) is 5.91 Å². The lowest BCUT2D eigenvalue weighted by atomic mass is 10.1. The van der Waals surface area contributed by atoms with Crippen molar-refractivity contribution in [3.8, 4) is 0 Å². The van der Waals surface area contributed by atoms with Crippen molar-refractivity contribution in [3.63, 3.8) is 0 Å². The van der Waals surface area contributed by atoms with Crippen molar-refractivity contribution in [1.29, 1.82) is 0 Å². The number of para-hydroxylation sites is 1. The summed E-state index contributed by atoms with van der Waals surface area (Å²) in [6.45, 7) is 5.03. The molecule has 1 N–H and O–H groups in total. The molecule has 8 heteroatoms. The number of aryl methyl sites for hydroxylation is 1. The van der Waals surface area contributed by atoms with Crippen LogP contribution in [0.4, 0.5) is 18.9 Å². The number of halogens is 3. The van der Waals surface area contributed by atoms with Crippen LogP contribution < -0.4 is 5.32 Å². The quantitative estimate of drug-likeness (QED) is 0.752. The Morgan fingerprint density at radius 3 is 2.46 bits per heavy atom. The molecule has 1 fully saturated rings. The molecule has 28 heavy (non-hydrogen) atoms. The van der Waals surface area contributed by atoms with Gasteiger partial charge in [-0.25, -0.2) is 4.79 Å². The number of anilines is 1. The number of carbonyl (C=O) groups is 2. The largest absolute Gasteiger partial charge is 0.449 e. The first-order valence-electron chi connectivity index (χ1n) is 8.96. The van der Waals surface area contributed by atoms with Crippen LogP contribution >= 0.6 is 0 Å². The van der Waals surface area contributed by atoms with E-state index in [9.17, 15) is 22.8 Å². The third kappa shape index (κ3) is 4.05. The smallest absolute Gasteiger partial charge is 0.418 e. The van der Waals surface area contributed by atoms with Crippen LogP contribution in [0.15, 0.2) is 30.3 Å². The summed E-state index contributed by atoms with van der Waals surface area (Å²) in [7, 11) is 0. The molecule has 0 unspecified atom stereocenters. The Kier molecular flexibility index (Phi) is 5.23. The molecule has 0 aliphatic heterocycles. The van der Waals surface area contributed by atoms with Gasteiger partial charge in [0.1, 0.15) is 0 Å². The molecule has 1 saturated carbocycles. The Bertz CT molecular complexity index is 914. The van der Waals surface area contributed by atoms with E-state index in [-0.39, 0.29) is 5.69 Å². The second-order valence-electron chi connectivity index (χ2n) is 6.97. The molecule has 1 aromatic carbocycles. The fourth-order valence-electron chi connectivity index (χ4n) is 3.23. The van der Waals surface area contributed by atoms with Crippen molar-refractivity contribution in [1.82, 2.24) is 4.57 Å². The monoisotopic (exact) mass is 394 g/mol. The summed E-state index contributed by atoms with van der Waals surface area (Å²) in [5.74, 6) is -1.51. The summed E-state index contributed by atoms with van der Waals surface area (Å²) >= 11 is 0. The number of amides is 1. The summed E-state index contributed by atoms with van der Waals surface area (Å²) in [6.07, 6.45) is -3.74. The Morgan fingerprint density at radius 2 is 1.86 bits per heavy atom. The summed E-state index contributed by atoms with van der Waals surface area (Å²) in [5.41, 5.74) is 0.715. The zero-order chi connectivity index (χ0) is 20.6. The number of nitrogens with zero attached hydrogens (tertiary/aromatic N) is 1. The van der Waals surface area contributed by atoms with Crippen molar-refractivity contribution in [2.24, 2.45) is 0 Å². The summed E-state index contributed by atoms with van der Waals surface area (Å²) in [6, 6.07) is 6.74. The predicted octanol–water partition coefficient (Wildman–Crippen LogP) is 4.64. The van der Waals surface area contributed by atoms with E-state index in [0.29, 0.717) is 11.6 Å². The molecule has 1 aliphatic carbocycles. The molecular formula is C20H21F3N2O3. The highest BCUT2D eigenvalue weighted by Gasteiger charge is 2.34. The van der Waals surface area contributed by atoms with Gasteiger partial charge in [0.15, 0.2) is 6.10 Å². The van der Waals surface area contributed by atoms with Crippen LogP contribution in [0.5, 0.6) is 0 Å². The van der Waals surface area contributed by atoms with Crippen LogP contribution in [0.1, 0.15) is 53.1 Å². The average molecular weight is 394 g/mol. The van der Waals surface area contributed by atoms with Gasteiger partial charge in [0.2, 0.25) is 0 Å². The lowest BCUT2D eigenvalue weighted by Crippen LogP contribution is -2.31. The number of carbonyl (C=O) groups excluding carboxylic acids is 2. The summed E-state index contributed by atoms with van der Waals surface area (Å²) in [5, 5.41) is 2.19. The number of aromatic nitrogens is 1. The normalized spacial score (nSPS) is 15.2. The first-order valence-corrected chi connectivity index (χ1v) is 8.96. The predicted molar refractivity (Wildman–Crippen MR) is 97.1 cm³/mol. The third-order valence-corrected chi connectivity index (χ3v) is 4.76. The van der Waals surface area contributed by atoms with E-state index >= 15 is 0 Å². The first kappa shape index (κ1) is 20.0. The average Bonchev–Trinajstić information content (AvgIpc) is 3.39. The Balaban J connectivity index is 1.70. The molecule has 2 aromatic rings. The lowest BCUT2D eigenvalue weighted by Gasteiger charge is -2.17. The highest BCUT2D eigenvalue weighted by molar-refractivity contribution is 5.98. The highest BCUT2D eigenvalue weighted by Crippen LogP contribution is 2.38. The van der Waals surface area contributed by atoms with E-state index in [1.807, 2.05) is 13.8 Å². The second-order valence-corrected chi connectivity index (χ2v) is 6.97. The number of nitrogens with one attached hydrogen (secondary N) is 1. The van der Waals surface area contributed by atoms with Gasteiger partial charge >= 0.3 is 12.1 Å². The maximum absolute atomic E-state index is 13.0. The zero-order valence-electron chi connectivity index (χ0n) is 15.8. The van der Waals surface area contributed by atoms with Crippen molar-refractivity contribution in [2.45, 2.75) is 51.9 Å². The molecule has 1 atom stereocenters. The van der Waals surface area contributed by atoms with E-state index in [2.05, 4.69) is 9.88 Å². The fraction of sp³-hybridized carbons (Fsp3) is 0.400. The minimum absolute atomic E-state index is 0.361. The molecule has 150 valence electrons. The number of ether oxygens (including phenoxy) is 1. The maximum Gasteiger partial charge on any atom is 0.418 e. The minimum Gasteiger partial charge on any atom is -0.449 e. The number of hydrogen-bond acceptors (Lipinski definition) is 3. The minimum atomic E-state index is -4.61. The topological polar surface area (TPSA) is 60.3 Å². The van der Waals surface area contributed by atoms with Crippen LogP contribution in [0.25, 0.3) is 0 Å². The molecule has 3 rings (SSSR count). The molecule has 0 saturated heterocycles. The Labute approximate surface area is 160 Å².